The van der Waals surface area contributed by atoms with Gasteiger partial charge in [-0.2, -0.15) is 0 Å². The first kappa shape index (κ1) is 54.1. The molecule has 2 heterocycles. The van der Waals surface area contributed by atoms with Crippen LogP contribution in [0.2, 0.25) is 20.1 Å². The van der Waals surface area contributed by atoms with Gasteiger partial charge in [-0.25, -0.2) is 21.6 Å². The summed E-state index contributed by atoms with van der Waals surface area (Å²) in [5.41, 5.74) is 5.70. The van der Waals surface area contributed by atoms with E-state index in [0.717, 1.165) is 33.4 Å². The summed E-state index contributed by atoms with van der Waals surface area (Å²) in [5.74, 6) is -1.54. The molecule has 370 valence electrons. The summed E-state index contributed by atoms with van der Waals surface area (Å²) in [6.07, 6.45) is 0.652. The number of nitrogens with zero attached hydrogens (tertiary/aromatic N) is 2. The van der Waals surface area contributed by atoms with Crippen molar-refractivity contribution in [2.45, 2.75) is 54.0 Å². The molecular weight excluding hydrogens is 998 g/mol. The second kappa shape index (κ2) is 25.8. The predicted octanol–water partition coefficient (Wildman–Crippen LogP) is 7.13. The van der Waals surface area contributed by atoms with Crippen molar-refractivity contribution in [1.82, 2.24) is 19.8 Å². The Morgan fingerprint density at radius 1 is 0.618 bits per heavy atom. The fourth-order valence-electron chi connectivity index (χ4n) is 8.31. The molecule has 0 saturated carbocycles. The quantitative estimate of drug-likeness (QED) is 0.0483. The lowest BCUT2D eigenvalue weighted by atomic mass is 9.85. The second-order valence-electron chi connectivity index (χ2n) is 16.9. The van der Waals surface area contributed by atoms with Crippen molar-refractivity contribution in [2.75, 3.05) is 98.9 Å². The van der Waals surface area contributed by atoms with Crippen LogP contribution in [0.25, 0.3) is 0 Å². The van der Waals surface area contributed by atoms with Crippen molar-refractivity contribution < 1.29 is 45.4 Å². The number of amides is 1. The van der Waals surface area contributed by atoms with Gasteiger partial charge in [0.15, 0.2) is 9.84 Å². The highest BCUT2D eigenvalue weighted by Crippen LogP contribution is 2.40. The van der Waals surface area contributed by atoms with Crippen molar-refractivity contribution in [3.05, 3.63) is 126 Å². The summed E-state index contributed by atoms with van der Waals surface area (Å²) < 4.78 is 77.4. The van der Waals surface area contributed by atoms with Crippen molar-refractivity contribution in [3.8, 4) is 0 Å². The Kier molecular flexibility index (Phi) is 20.5. The van der Waals surface area contributed by atoms with Gasteiger partial charge >= 0.3 is 0 Å². The number of ketones is 1. The van der Waals surface area contributed by atoms with Crippen molar-refractivity contribution in [3.63, 3.8) is 0 Å². The summed E-state index contributed by atoms with van der Waals surface area (Å²) in [6, 6.07) is 21.2. The molecule has 0 radical (unpaired) electrons. The zero-order chi connectivity index (χ0) is 48.8. The third kappa shape index (κ3) is 15.4. The summed E-state index contributed by atoms with van der Waals surface area (Å²) in [5, 5.41) is 4.80. The Balaban J connectivity index is 0.764. The zero-order valence-corrected chi connectivity index (χ0v) is 42.8. The van der Waals surface area contributed by atoms with Crippen molar-refractivity contribution in [1.29, 1.82) is 0 Å². The molecule has 0 aromatic heterocycles. The number of benzene rings is 4. The molecule has 2 unspecified atom stereocenters. The number of likely N-dealkylation sites (N-methyl/N-ethyl adjacent to an activating group) is 2. The third-order valence-corrected chi connectivity index (χ3v) is 16.0. The highest BCUT2D eigenvalue weighted by atomic mass is 35.5. The third-order valence-electron chi connectivity index (χ3n) is 11.6. The molecule has 4 aromatic rings. The number of carbonyl (C=O) groups is 2. The molecule has 0 aliphatic carbocycles. The predicted molar refractivity (Wildman–Crippen MR) is 265 cm³/mol. The van der Waals surface area contributed by atoms with Gasteiger partial charge in [0.05, 0.1) is 55.2 Å². The SMILES string of the molecule is CN1Cc2c(Cl)cc(Cl)cc2C(c2cccc(S(=O)(=O)CCCOCCOCCNC(=O)C(=O)CCCOCCOCCNS(=O)(=O)c3cccc(C4CN(C)Cc5c(Cl)cc(Cl)cc54)c3)c2)C1. The van der Waals surface area contributed by atoms with E-state index < -0.39 is 31.6 Å². The fourth-order valence-corrected chi connectivity index (χ4v) is 11.9. The number of ether oxygens (including phenoxy) is 4. The Bertz CT molecular complexity index is 2430. The molecule has 2 atom stereocenters. The normalized spacial score (nSPS) is 16.6. The molecular formula is C48H58Cl4N4O10S2. The monoisotopic (exact) mass is 1050 g/mol. The lowest BCUT2D eigenvalue weighted by Gasteiger charge is -2.33. The van der Waals surface area contributed by atoms with Gasteiger partial charge in [-0.1, -0.05) is 70.7 Å². The number of hydrogen-bond donors (Lipinski definition) is 2. The van der Waals surface area contributed by atoms with E-state index in [0.29, 0.717) is 59.1 Å². The number of sulfonamides is 1. The number of carbonyl (C=O) groups excluding carboxylic acids is 2. The van der Waals surface area contributed by atoms with E-state index in [-0.39, 0.29) is 99.7 Å². The first-order chi connectivity index (χ1) is 32.5. The first-order valence-corrected chi connectivity index (χ1v) is 27.0. The summed E-state index contributed by atoms with van der Waals surface area (Å²) in [7, 11) is -3.37. The molecule has 6 rings (SSSR count). The molecule has 2 aliphatic heterocycles. The van der Waals surface area contributed by atoms with Crippen LogP contribution in [0.15, 0.2) is 82.6 Å². The van der Waals surface area contributed by atoms with Gasteiger partial charge in [0.2, 0.25) is 15.8 Å². The van der Waals surface area contributed by atoms with E-state index in [1.54, 1.807) is 48.5 Å². The topological polar surface area (TPSA) is 170 Å². The number of sulfone groups is 1. The molecule has 20 heteroatoms. The highest BCUT2D eigenvalue weighted by Gasteiger charge is 2.30. The standard InChI is InChI=1S/C48H58Cl4N4O10S2/c1-55-29-41(39-25-35(49)27-45(51)43(39)31-55)33-7-3-9-37(23-33)67(59,60)22-6-15-64-19-20-65-16-12-53-48(58)47(57)11-5-14-63-18-21-66-17-13-54-68(61,62)38-10-4-8-34(24-38)42-30-56(2)32-44-40(42)26-36(50)28-46(44)52/h3-4,7-10,23-28,41-42,54H,5-6,11-22,29-32H2,1-2H3,(H,53,58). The first-order valence-electron chi connectivity index (χ1n) is 22.4. The van der Waals surface area contributed by atoms with Crippen LogP contribution in [0.4, 0.5) is 0 Å². The van der Waals surface area contributed by atoms with E-state index in [1.165, 1.54) is 0 Å². The Hall–Kier alpha value is -3.20. The van der Waals surface area contributed by atoms with Gasteiger partial charge in [0, 0.05) is 90.8 Å². The van der Waals surface area contributed by atoms with E-state index in [1.807, 2.05) is 38.4 Å². The van der Waals surface area contributed by atoms with Crippen LogP contribution in [0, 0.1) is 0 Å². The molecule has 1 amide bonds. The molecule has 68 heavy (non-hydrogen) atoms. The molecule has 2 N–H and O–H groups in total. The van der Waals surface area contributed by atoms with E-state index >= 15 is 0 Å². The molecule has 4 aromatic carbocycles. The molecule has 14 nitrogen and oxygen atoms in total. The minimum Gasteiger partial charge on any atom is -0.379 e. The number of nitrogens with one attached hydrogen (secondary N) is 2. The maximum atomic E-state index is 13.2. The summed E-state index contributed by atoms with van der Waals surface area (Å²) >= 11 is 25.7. The molecule has 0 saturated heterocycles. The maximum Gasteiger partial charge on any atom is 0.287 e. The van der Waals surface area contributed by atoms with E-state index in [2.05, 4.69) is 19.8 Å². The number of Topliss-reactive ketones (excluding diaryl/α,β-unsaturated/α-hetero) is 1. The number of fused-ring (bicyclic) bond motifs is 2. The van der Waals surface area contributed by atoms with Crippen LogP contribution in [-0.4, -0.2) is 137 Å². The Morgan fingerprint density at radius 3 is 1.66 bits per heavy atom. The lowest BCUT2D eigenvalue weighted by molar-refractivity contribution is -0.138. The average Bonchev–Trinajstić information content (AvgIpc) is 3.30. The fraction of sp³-hybridized carbons (Fsp3) is 0.458. The summed E-state index contributed by atoms with van der Waals surface area (Å²) in [6.45, 7) is 4.64. The minimum absolute atomic E-state index is 0.00820. The van der Waals surface area contributed by atoms with Crippen LogP contribution >= 0.6 is 46.4 Å². The van der Waals surface area contributed by atoms with Crippen LogP contribution < -0.4 is 10.0 Å². The van der Waals surface area contributed by atoms with Crippen LogP contribution in [0.3, 0.4) is 0 Å². The molecule has 0 spiro atoms. The van der Waals surface area contributed by atoms with Gasteiger partial charge in [-0.3, -0.25) is 9.59 Å². The molecule has 0 bridgehead atoms. The Labute approximate surface area is 419 Å². The molecule has 2 aliphatic rings. The smallest absolute Gasteiger partial charge is 0.287 e. The van der Waals surface area contributed by atoms with Crippen LogP contribution in [0.1, 0.15) is 64.5 Å². The van der Waals surface area contributed by atoms with Gasteiger partial charge in [-0.05, 0) is 109 Å². The molecule has 0 fully saturated rings. The zero-order valence-electron chi connectivity index (χ0n) is 38.1. The van der Waals surface area contributed by atoms with Gasteiger partial charge < -0.3 is 34.1 Å². The van der Waals surface area contributed by atoms with E-state index in [9.17, 15) is 26.4 Å². The largest absolute Gasteiger partial charge is 0.379 e. The Morgan fingerprint density at radius 2 is 1.10 bits per heavy atom. The van der Waals surface area contributed by atoms with Crippen LogP contribution in [-0.2, 0) is 61.5 Å². The van der Waals surface area contributed by atoms with Crippen molar-refractivity contribution >= 4 is 78.0 Å². The summed E-state index contributed by atoms with van der Waals surface area (Å²) in [4.78, 5) is 29.1. The van der Waals surface area contributed by atoms with Crippen molar-refractivity contribution in [2.24, 2.45) is 0 Å². The maximum absolute atomic E-state index is 13.2. The van der Waals surface area contributed by atoms with E-state index in [4.69, 9.17) is 65.4 Å². The lowest BCUT2D eigenvalue weighted by Crippen LogP contribution is -2.33. The minimum atomic E-state index is -3.81. The highest BCUT2D eigenvalue weighted by molar-refractivity contribution is 7.91. The number of rotatable bonds is 26. The number of halogens is 4. The van der Waals surface area contributed by atoms with Gasteiger partial charge in [0.1, 0.15) is 0 Å². The van der Waals surface area contributed by atoms with Crippen LogP contribution in [0.5, 0.6) is 0 Å². The number of hydrogen-bond acceptors (Lipinski definition) is 12. The van der Waals surface area contributed by atoms with Gasteiger partial charge in [-0.15, -0.1) is 0 Å². The average molecular weight is 1060 g/mol. The second-order valence-corrected chi connectivity index (χ2v) is 22.4. The van der Waals surface area contributed by atoms with Gasteiger partial charge in [0.25, 0.3) is 5.91 Å².